The zero-order valence-corrected chi connectivity index (χ0v) is 20.5. The molecule has 0 saturated carbocycles. The van der Waals surface area contributed by atoms with E-state index in [0.29, 0.717) is 68.9 Å². The Balaban J connectivity index is 1.70. The van der Waals surface area contributed by atoms with Gasteiger partial charge in [0.15, 0.2) is 0 Å². The summed E-state index contributed by atoms with van der Waals surface area (Å²) in [5.74, 6) is -0.385. The van der Waals surface area contributed by atoms with Crippen LogP contribution in [0.25, 0.3) is 0 Å². The van der Waals surface area contributed by atoms with Crippen LogP contribution in [-0.2, 0) is 14.8 Å². The van der Waals surface area contributed by atoms with Crippen LogP contribution in [0.5, 0.6) is 0 Å². The first kappa shape index (κ1) is 24.0. The summed E-state index contributed by atoms with van der Waals surface area (Å²) in [5, 5.41) is 3.41. The summed E-state index contributed by atoms with van der Waals surface area (Å²) in [6.07, 6.45) is 0. The van der Waals surface area contributed by atoms with Crippen molar-refractivity contribution in [2.45, 2.75) is 11.8 Å². The Bertz CT molecular complexity index is 1130. The quantitative estimate of drug-likeness (QED) is 0.691. The number of sulfonamides is 1. The number of rotatable bonds is 5. The Kier molecular flexibility index (Phi) is 7.25. The van der Waals surface area contributed by atoms with Crippen molar-refractivity contribution in [2.24, 2.45) is 0 Å². The summed E-state index contributed by atoms with van der Waals surface area (Å²) in [6, 6.07) is 10.2. The van der Waals surface area contributed by atoms with Crippen LogP contribution in [0.1, 0.15) is 15.9 Å². The summed E-state index contributed by atoms with van der Waals surface area (Å²) in [7, 11) is -1.81. The second-order valence-electron chi connectivity index (χ2n) is 8.36. The Hall–Kier alpha value is -2.17. The zero-order chi connectivity index (χ0) is 23.6. The Labute approximate surface area is 200 Å². The number of carbonyl (C=O) groups excluding carboxylic acids is 1. The molecule has 0 bridgehead atoms. The smallest absolute Gasteiger partial charge is 0.255 e. The third kappa shape index (κ3) is 5.17. The van der Waals surface area contributed by atoms with E-state index in [-0.39, 0.29) is 16.4 Å². The third-order valence-electron chi connectivity index (χ3n) is 6.17. The number of likely N-dealkylation sites (N-methyl/N-ethyl adjacent to an activating group) is 1. The molecule has 2 aromatic rings. The average molecular weight is 493 g/mol. The van der Waals surface area contributed by atoms with Crippen LogP contribution in [0.4, 0.5) is 11.4 Å². The van der Waals surface area contributed by atoms with Gasteiger partial charge >= 0.3 is 0 Å². The summed E-state index contributed by atoms with van der Waals surface area (Å²) < 4.78 is 34.3. The van der Waals surface area contributed by atoms with Gasteiger partial charge in [-0.05, 0) is 49.9 Å². The predicted molar refractivity (Wildman–Crippen MR) is 130 cm³/mol. The lowest BCUT2D eigenvalue weighted by Gasteiger charge is -2.34. The second kappa shape index (κ2) is 9.99. The van der Waals surface area contributed by atoms with E-state index >= 15 is 0 Å². The molecule has 1 amide bonds. The maximum atomic E-state index is 13.7. The largest absolute Gasteiger partial charge is 0.378 e. The third-order valence-corrected chi connectivity index (χ3v) is 8.51. The molecule has 0 radical (unpaired) electrons. The molecule has 2 saturated heterocycles. The number of amides is 1. The number of ether oxygens (including phenoxy) is 1. The SMILES string of the molecule is Cc1c(Cl)cccc1NC(=O)c1ccc(N2CCOCC2)c(S(=O)(=O)N2CCN(C)CC2)c1. The molecule has 2 heterocycles. The molecule has 2 aromatic carbocycles. The topological polar surface area (TPSA) is 82.2 Å². The van der Waals surface area contributed by atoms with Crippen LogP contribution in [-0.4, -0.2) is 83.1 Å². The van der Waals surface area contributed by atoms with Crippen molar-refractivity contribution in [2.75, 3.05) is 69.7 Å². The first-order valence-electron chi connectivity index (χ1n) is 11.0. The fourth-order valence-corrected chi connectivity index (χ4v) is 5.87. The van der Waals surface area contributed by atoms with Gasteiger partial charge in [0.05, 0.1) is 18.9 Å². The lowest BCUT2D eigenvalue weighted by atomic mass is 10.1. The molecule has 178 valence electrons. The van der Waals surface area contributed by atoms with Gasteiger partial charge in [0.1, 0.15) is 4.90 Å². The first-order chi connectivity index (χ1) is 15.8. The number of halogens is 1. The number of hydrogen-bond acceptors (Lipinski definition) is 6. The van der Waals surface area contributed by atoms with Crippen molar-refractivity contribution < 1.29 is 17.9 Å². The minimum Gasteiger partial charge on any atom is -0.378 e. The summed E-state index contributed by atoms with van der Waals surface area (Å²) in [5.41, 5.74) is 2.22. The van der Waals surface area contributed by atoms with Crippen LogP contribution >= 0.6 is 11.6 Å². The monoisotopic (exact) mass is 492 g/mol. The van der Waals surface area contributed by atoms with E-state index in [2.05, 4.69) is 10.2 Å². The molecule has 0 spiro atoms. The number of nitrogens with one attached hydrogen (secondary N) is 1. The molecule has 0 aliphatic carbocycles. The number of hydrogen-bond donors (Lipinski definition) is 1. The fourth-order valence-electron chi connectivity index (χ4n) is 4.03. The van der Waals surface area contributed by atoms with Gasteiger partial charge in [-0.1, -0.05) is 17.7 Å². The van der Waals surface area contributed by atoms with Crippen LogP contribution in [0, 0.1) is 6.92 Å². The van der Waals surface area contributed by atoms with Gasteiger partial charge in [0.25, 0.3) is 5.91 Å². The van der Waals surface area contributed by atoms with Crippen LogP contribution in [0.15, 0.2) is 41.3 Å². The Morgan fingerprint density at radius 3 is 2.42 bits per heavy atom. The molecule has 33 heavy (non-hydrogen) atoms. The lowest BCUT2D eigenvalue weighted by molar-refractivity contribution is 0.102. The number of piperazine rings is 1. The van der Waals surface area contributed by atoms with Gasteiger partial charge < -0.3 is 19.9 Å². The van der Waals surface area contributed by atoms with Gasteiger partial charge in [0, 0.05) is 55.5 Å². The molecule has 10 heteroatoms. The average Bonchev–Trinajstić information content (AvgIpc) is 2.82. The minimum absolute atomic E-state index is 0.157. The van der Waals surface area contributed by atoms with E-state index in [0.717, 1.165) is 5.56 Å². The van der Waals surface area contributed by atoms with E-state index in [9.17, 15) is 13.2 Å². The summed E-state index contributed by atoms with van der Waals surface area (Å²) in [6.45, 7) is 6.24. The number of morpholine rings is 1. The van der Waals surface area contributed by atoms with Crippen molar-refractivity contribution >= 4 is 38.9 Å². The van der Waals surface area contributed by atoms with E-state index in [1.807, 2.05) is 18.9 Å². The van der Waals surface area contributed by atoms with Crippen molar-refractivity contribution in [3.05, 3.63) is 52.5 Å². The number of anilines is 2. The highest BCUT2D eigenvalue weighted by molar-refractivity contribution is 7.89. The standard InChI is InChI=1S/C23H29ClN4O4S/c1-17-19(24)4-3-5-20(17)25-23(29)18-6-7-21(27-12-14-32-15-13-27)22(16-18)33(30,31)28-10-8-26(2)9-11-28/h3-7,16H,8-15H2,1-2H3,(H,25,29). The van der Waals surface area contributed by atoms with Gasteiger partial charge in [-0.15, -0.1) is 0 Å². The van der Waals surface area contributed by atoms with E-state index in [4.69, 9.17) is 16.3 Å². The Morgan fingerprint density at radius 1 is 1.03 bits per heavy atom. The molecule has 4 rings (SSSR count). The zero-order valence-electron chi connectivity index (χ0n) is 18.9. The molecular formula is C23H29ClN4O4S. The Morgan fingerprint density at radius 2 is 1.73 bits per heavy atom. The maximum absolute atomic E-state index is 13.7. The highest BCUT2D eigenvalue weighted by atomic mass is 35.5. The first-order valence-corrected chi connectivity index (χ1v) is 12.8. The normalized spacial score (nSPS) is 18.3. The van der Waals surface area contributed by atoms with E-state index in [1.165, 1.54) is 10.4 Å². The minimum atomic E-state index is -3.79. The van der Waals surface area contributed by atoms with Gasteiger partial charge in [-0.25, -0.2) is 8.42 Å². The van der Waals surface area contributed by atoms with E-state index < -0.39 is 10.0 Å². The lowest BCUT2D eigenvalue weighted by Crippen LogP contribution is -2.47. The number of benzene rings is 2. The van der Waals surface area contributed by atoms with Crippen LogP contribution in [0.2, 0.25) is 5.02 Å². The summed E-state index contributed by atoms with van der Waals surface area (Å²) in [4.78, 5) is 17.3. The molecule has 2 fully saturated rings. The van der Waals surface area contributed by atoms with Gasteiger partial charge in [-0.3, -0.25) is 4.79 Å². The second-order valence-corrected chi connectivity index (χ2v) is 10.7. The predicted octanol–water partition coefficient (Wildman–Crippen LogP) is 2.67. The molecule has 8 nitrogen and oxygen atoms in total. The highest BCUT2D eigenvalue weighted by Gasteiger charge is 2.32. The van der Waals surface area contributed by atoms with Crippen molar-refractivity contribution in [1.29, 1.82) is 0 Å². The maximum Gasteiger partial charge on any atom is 0.255 e. The van der Waals surface area contributed by atoms with Gasteiger partial charge in [0.2, 0.25) is 10.0 Å². The molecule has 0 atom stereocenters. The number of nitrogens with zero attached hydrogens (tertiary/aromatic N) is 3. The van der Waals surface area contributed by atoms with Crippen molar-refractivity contribution in [3.8, 4) is 0 Å². The van der Waals surface area contributed by atoms with Crippen LogP contribution in [0.3, 0.4) is 0 Å². The van der Waals surface area contributed by atoms with E-state index in [1.54, 1.807) is 30.3 Å². The molecule has 2 aliphatic rings. The molecule has 0 aromatic heterocycles. The molecule has 0 unspecified atom stereocenters. The summed E-state index contributed by atoms with van der Waals surface area (Å²) >= 11 is 6.18. The van der Waals surface area contributed by atoms with Gasteiger partial charge in [-0.2, -0.15) is 4.31 Å². The fraction of sp³-hybridized carbons (Fsp3) is 0.435. The number of carbonyl (C=O) groups is 1. The van der Waals surface area contributed by atoms with Crippen LogP contribution < -0.4 is 10.2 Å². The highest BCUT2D eigenvalue weighted by Crippen LogP contribution is 2.31. The van der Waals surface area contributed by atoms with Crippen molar-refractivity contribution in [3.63, 3.8) is 0 Å². The molecular weight excluding hydrogens is 464 g/mol. The molecule has 2 aliphatic heterocycles. The van der Waals surface area contributed by atoms with Crippen molar-refractivity contribution in [1.82, 2.24) is 9.21 Å². The molecule has 1 N–H and O–H groups in total.